The minimum absolute atomic E-state index is 0.763. The Labute approximate surface area is 124 Å². The summed E-state index contributed by atoms with van der Waals surface area (Å²) in [7, 11) is 0. The smallest absolute Gasteiger partial charge is 0.181 e. The van der Waals surface area contributed by atoms with Gasteiger partial charge in [-0.1, -0.05) is 24.3 Å². The van der Waals surface area contributed by atoms with Gasteiger partial charge in [-0.3, -0.25) is 5.10 Å². The second-order valence-corrected chi connectivity index (χ2v) is 6.25. The van der Waals surface area contributed by atoms with Crippen LogP contribution in [-0.2, 0) is 0 Å². The predicted molar refractivity (Wildman–Crippen MR) is 83.9 cm³/mol. The van der Waals surface area contributed by atoms with E-state index in [1.807, 2.05) is 13.0 Å². The lowest BCUT2D eigenvalue weighted by molar-refractivity contribution is 0.472. The van der Waals surface area contributed by atoms with Crippen molar-refractivity contribution in [2.24, 2.45) is 17.8 Å². The lowest BCUT2D eigenvalue weighted by Crippen LogP contribution is -2.18. The predicted octanol–water partition coefficient (Wildman–Crippen LogP) is 3.40. The van der Waals surface area contributed by atoms with Gasteiger partial charge in [0.05, 0.1) is 0 Å². The van der Waals surface area contributed by atoms with Crippen molar-refractivity contribution in [1.82, 2.24) is 15.2 Å². The maximum atomic E-state index is 4.39. The molecule has 4 heteroatoms. The number of hydrogen-bond acceptors (Lipinski definition) is 3. The summed E-state index contributed by atoms with van der Waals surface area (Å²) < 4.78 is 0. The molecule has 1 aromatic heterocycles. The Hall–Kier alpha value is -2.10. The van der Waals surface area contributed by atoms with Gasteiger partial charge in [0.2, 0.25) is 0 Å². The summed E-state index contributed by atoms with van der Waals surface area (Å²) in [6.07, 6.45) is 7.51. The Morgan fingerprint density at radius 2 is 2.24 bits per heavy atom. The van der Waals surface area contributed by atoms with Crippen molar-refractivity contribution in [2.75, 3.05) is 11.9 Å². The molecule has 0 spiro atoms. The molecule has 0 saturated heterocycles. The number of benzene rings is 1. The molecule has 2 aliphatic rings. The molecule has 0 radical (unpaired) electrons. The van der Waals surface area contributed by atoms with Gasteiger partial charge in [0.25, 0.3) is 0 Å². The number of aryl methyl sites for hydroxylation is 1. The monoisotopic (exact) mass is 280 g/mol. The SMILES string of the molecule is Cc1nc(-c2cccc(NCC3CC4C=CC3C4)c2)n[nH]1. The van der Waals surface area contributed by atoms with E-state index in [-0.39, 0.29) is 0 Å². The van der Waals surface area contributed by atoms with Crippen LogP contribution in [0.4, 0.5) is 5.69 Å². The number of aromatic nitrogens is 3. The lowest BCUT2D eigenvalue weighted by Gasteiger charge is -2.19. The second kappa shape index (κ2) is 5.02. The van der Waals surface area contributed by atoms with Crippen LogP contribution in [0.5, 0.6) is 0 Å². The molecular formula is C17H20N4. The van der Waals surface area contributed by atoms with E-state index in [0.29, 0.717) is 0 Å². The highest BCUT2D eigenvalue weighted by Crippen LogP contribution is 2.43. The van der Waals surface area contributed by atoms with Gasteiger partial charge < -0.3 is 5.32 Å². The molecule has 1 fully saturated rings. The van der Waals surface area contributed by atoms with Crippen LogP contribution in [-0.4, -0.2) is 21.7 Å². The Morgan fingerprint density at radius 3 is 2.95 bits per heavy atom. The lowest BCUT2D eigenvalue weighted by atomic mass is 9.93. The molecule has 2 aliphatic carbocycles. The van der Waals surface area contributed by atoms with Crippen molar-refractivity contribution in [3.63, 3.8) is 0 Å². The number of H-pyrrole nitrogens is 1. The first kappa shape index (κ1) is 12.6. The zero-order valence-electron chi connectivity index (χ0n) is 12.2. The van der Waals surface area contributed by atoms with Crippen LogP contribution in [0.25, 0.3) is 11.4 Å². The minimum Gasteiger partial charge on any atom is -0.385 e. The fraction of sp³-hybridized carbons (Fsp3) is 0.412. The van der Waals surface area contributed by atoms with Gasteiger partial charge in [0.15, 0.2) is 5.82 Å². The van der Waals surface area contributed by atoms with Gasteiger partial charge in [0.1, 0.15) is 5.82 Å². The molecule has 3 atom stereocenters. The highest BCUT2D eigenvalue weighted by atomic mass is 15.2. The number of anilines is 1. The first-order valence-corrected chi connectivity index (χ1v) is 7.69. The summed E-state index contributed by atoms with van der Waals surface area (Å²) in [5.41, 5.74) is 2.21. The first-order valence-electron chi connectivity index (χ1n) is 7.69. The van der Waals surface area contributed by atoms with E-state index in [1.165, 1.54) is 12.8 Å². The van der Waals surface area contributed by atoms with Crippen LogP contribution >= 0.6 is 0 Å². The average molecular weight is 280 g/mol. The molecule has 1 aromatic carbocycles. The number of hydrogen-bond donors (Lipinski definition) is 2. The van der Waals surface area contributed by atoms with E-state index < -0.39 is 0 Å². The topological polar surface area (TPSA) is 53.6 Å². The van der Waals surface area contributed by atoms with Gasteiger partial charge in [-0.25, -0.2) is 4.98 Å². The van der Waals surface area contributed by atoms with Crippen LogP contribution in [0.1, 0.15) is 18.7 Å². The van der Waals surface area contributed by atoms with Crippen molar-refractivity contribution in [3.05, 3.63) is 42.2 Å². The highest BCUT2D eigenvalue weighted by molar-refractivity contribution is 5.62. The van der Waals surface area contributed by atoms with Crippen LogP contribution in [0.15, 0.2) is 36.4 Å². The average Bonchev–Trinajstić information content (AvgIpc) is 3.21. The van der Waals surface area contributed by atoms with Crippen molar-refractivity contribution >= 4 is 5.69 Å². The third-order valence-electron chi connectivity index (χ3n) is 4.70. The Kier molecular flexibility index (Phi) is 3.02. The molecule has 2 N–H and O–H groups in total. The molecule has 2 bridgehead atoms. The van der Waals surface area contributed by atoms with E-state index in [4.69, 9.17) is 0 Å². The molecule has 1 saturated carbocycles. The van der Waals surface area contributed by atoms with Crippen molar-refractivity contribution in [2.45, 2.75) is 19.8 Å². The Balaban J connectivity index is 1.45. The van der Waals surface area contributed by atoms with Gasteiger partial charge in [0, 0.05) is 17.8 Å². The van der Waals surface area contributed by atoms with E-state index in [1.54, 1.807) is 0 Å². The van der Waals surface area contributed by atoms with Gasteiger partial charge in [-0.05, 0) is 49.7 Å². The summed E-state index contributed by atoms with van der Waals surface area (Å²) in [5, 5.41) is 10.7. The quantitative estimate of drug-likeness (QED) is 0.844. The van der Waals surface area contributed by atoms with E-state index in [9.17, 15) is 0 Å². The van der Waals surface area contributed by atoms with Crippen LogP contribution in [0, 0.1) is 24.7 Å². The number of allylic oxidation sites excluding steroid dienone is 2. The summed E-state index contributed by atoms with van der Waals surface area (Å²) in [5.74, 6) is 4.02. The normalized spacial score (nSPS) is 26.4. The summed E-state index contributed by atoms with van der Waals surface area (Å²) in [6.45, 7) is 2.98. The van der Waals surface area contributed by atoms with Gasteiger partial charge in [-0.15, -0.1) is 0 Å². The fourth-order valence-electron chi connectivity index (χ4n) is 3.62. The molecule has 108 valence electrons. The molecule has 0 aliphatic heterocycles. The third kappa shape index (κ3) is 2.46. The molecular weight excluding hydrogens is 260 g/mol. The molecule has 0 amide bonds. The summed E-state index contributed by atoms with van der Waals surface area (Å²) in [6, 6.07) is 8.36. The molecule has 2 aromatic rings. The van der Waals surface area contributed by atoms with Gasteiger partial charge >= 0.3 is 0 Å². The van der Waals surface area contributed by atoms with Crippen molar-refractivity contribution in [3.8, 4) is 11.4 Å². The first-order chi connectivity index (χ1) is 10.3. The maximum Gasteiger partial charge on any atom is 0.181 e. The highest BCUT2D eigenvalue weighted by Gasteiger charge is 2.35. The molecule has 4 rings (SSSR count). The number of rotatable bonds is 4. The minimum atomic E-state index is 0.763. The summed E-state index contributed by atoms with van der Waals surface area (Å²) >= 11 is 0. The largest absolute Gasteiger partial charge is 0.385 e. The third-order valence-corrected chi connectivity index (χ3v) is 4.70. The van der Waals surface area contributed by atoms with E-state index >= 15 is 0 Å². The van der Waals surface area contributed by atoms with Crippen molar-refractivity contribution in [1.29, 1.82) is 0 Å². The second-order valence-electron chi connectivity index (χ2n) is 6.25. The molecule has 4 nitrogen and oxygen atoms in total. The summed E-state index contributed by atoms with van der Waals surface area (Å²) in [4.78, 5) is 4.39. The number of aromatic amines is 1. The van der Waals surface area contributed by atoms with Crippen LogP contribution in [0.2, 0.25) is 0 Å². The van der Waals surface area contributed by atoms with E-state index in [0.717, 1.165) is 47.2 Å². The van der Waals surface area contributed by atoms with E-state index in [2.05, 4.69) is 50.8 Å². The van der Waals surface area contributed by atoms with Crippen molar-refractivity contribution < 1.29 is 0 Å². The molecule has 21 heavy (non-hydrogen) atoms. The fourth-order valence-corrected chi connectivity index (χ4v) is 3.62. The molecule has 1 heterocycles. The number of nitrogens with zero attached hydrogens (tertiary/aromatic N) is 2. The van der Waals surface area contributed by atoms with Crippen LogP contribution in [0.3, 0.4) is 0 Å². The number of fused-ring (bicyclic) bond motifs is 2. The van der Waals surface area contributed by atoms with Crippen LogP contribution < -0.4 is 5.32 Å². The Morgan fingerprint density at radius 1 is 1.29 bits per heavy atom. The maximum absolute atomic E-state index is 4.39. The zero-order chi connectivity index (χ0) is 14.2. The Bertz CT molecular complexity index is 673. The molecule has 3 unspecified atom stereocenters. The van der Waals surface area contributed by atoms with Gasteiger partial charge in [-0.2, -0.15) is 5.10 Å². The zero-order valence-corrected chi connectivity index (χ0v) is 12.2. The number of nitrogens with one attached hydrogen (secondary N) is 2. The standard InChI is InChI=1S/C17H20N4/c1-11-19-17(21-20-11)14-3-2-4-16(9-14)18-10-15-8-12-5-6-13(15)7-12/h2-6,9,12-13,15,18H,7-8,10H2,1H3,(H,19,20,21).